The van der Waals surface area contributed by atoms with E-state index in [0.717, 1.165) is 5.56 Å². The van der Waals surface area contributed by atoms with Gasteiger partial charge in [-0.3, -0.25) is 4.84 Å². The molecule has 0 saturated heterocycles. The van der Waals surface area contributed by atoms with Gasteiger partial charge in [-0.25, -0.2) is 13.2 Å². The first kappa shape index (κ1) is 20.6. The Labute approximate surface area is 167 Å². The summed E-state index contributed by atoms with van der Waals surface area (Å²) in [5.74, 6) is -0.298. The molecule has 0 saturated carbocycles. The van der Waals surface area contributed by atoms with Gasteiger partial charge in [0.2, 0.25) is 5.89 Å². The lowest BCUT2D eigenvalue weighted by Gasteiger charge is -2.15. The number of sulfonamides is 1. The monoisotopic (exact) mass is 417 g/mol. The van der Waals surface area contributed by atoms with Crippen LogP contribution in [0, 0.1) is 0 Å². The highest BCUT2D eigenvalue weighted by molar-refractivity contribution is 7.89. The van der Waals surface area contributed by atoms with Crippen molar-refractivity contribution >= 4 is 16.0 Å². The van der Waals surface area contributed by atoms with E-state index in [2.05, 4.69) is 10.2 Å². The molecule has 0 amide bonds. The van der Waals surface area contributed by atoms with Crippen LogP contribution in [-0.2, 0) is 19.6 Å². The fourth-order valence-corrected chi connectivity index (χ4v) is 3.42. The molecule has 0 radical (unpaired) electrons. The first-order chi connectivity index (χ1) is 13.8. The lowest BCUT2D eigenvalue weighted by Crippen LogP contribution is -2.26. The van der Waals surface area contributed by atoms with Crippen molar-refractivity contribution in [3.05, 3.63) is 66.1 Å². The van der Waals surface area contributed by atoms with Gasteiger partial charge >= 0.3 is 5.97 Å². The van der Waals surface area contributed by atoms with Gasteiger partial charge in [0.25, 0.3) is 15.9 Å². The highest BCUT2D eigenvalue weighted by atomic mass is 32.2. The zero-order valence-corrected chi connectivity index (χ0v) is 16.8. The number of hydrogen-bond acceptors (Lipinski definition) is 8. The fraction of sp³-hybridized carbons (Fsp3) is 0.211. The molecule has 1 heterocycles. The Morgan fingerprint density at radius 1 is 1.10 bits per heavy atom. The number of carbonyl (C=O) groups excluding carboxylic acids is 1. The number of rotatable bonds is 7. The van der Waals surface area contributed by atoms with Crippen LogP contribution >= 0.6 is 0 Å². The summed E-state index contributed by atoms with van der Waals surface area (Å²) in [5, 5.41) is 7.87. The van der Waals surface area contributed by atoms with Gasteiger partial charge in [0.05, 0.1) is 17.6 Å². The summed E-state index contributed by atoms with van der Waals surface area (Å²) >= 11 is 0. The molecule has 1 atom stereocenters. The zero-order chi connectivity index (χ0) is 21.0. The average Bonchev–Trinajstić information content (AvgIpc) is 3.24. The van der Waals surface area contributed by atoms with Gasteiger partial charge in [-0.2, -0.15) is 0 Å². The van der Waals surface area contributed by atoms with E-state index in [1.807, 2.05) is 30.3 Å². The minimum absolute atomic E-state index is 0.0604. The molecule has 2 aromatic carbocycles. The molecule has 9 nitrogen and oxygen atoms in total. The van der Waals surface area contributed by atoms with E-state index in [1.54, 1.807) is 6.92 Å². The van der Waals surface area contributed by atoms with E-state index in [9.17, 15) is 13.2 Å². The topological polar surface area (TPSA) is 112 Å². The smallest absolute Gasteiger partial charge is 0.338 e. The van der Waals surface area contributed by atoms with Crippen LogP contribution in [0.5, 0.6) is 0 Å². The molecular formula is C19H19N3O6S. The first-order valence-electron chi connectivity index (χ1n) is 8.56. The van der Waals surface area contributed by atoms with Crippen LogP contribution in [0.2, 0.25) is 0 Å². The van der Waals surface area contributed by atoms with E-state index in [-0.39, 0.29) is 16.3 Å². The maximum absolute atomic E-state index is 12.5. The maximum Gasteiger partial charge on any atom is 0.338 e. The van der Waals surface area contributed by atoms with Crippen LogP contribution in [0.15, 0.2) is 63.9 Å². The van der Waals surface area contributed by atoms with Crippen LogP contribution in [0.4, 0.5) is 0 Å². The van der Waals surface area contributed by atoms with E-state index >= 15 is 0 Å². The molecular weight excluding hydrogens is 398 g/mol. The van der Waals surface area contributed by atoms with Gasteiger partial charge in [-0.05, 0) is 37.3 Å². The van der Waals surface area contributed by atoms with Crippen LogP contribution in [0.25, 0.3) is 11.5 Å². The number of nitrogens with zero attached hydrogens (tertiary/aromatic N) is 3. The predicted molar refractivity (Wildman–Crippen MR) is 102 cm³/mol. The van der Waals surface area contributed by atoms with Crippen molar-refractivity contribution in [2.45, 2.75) is 17.9 Å². The predicted octanol–water partition coefficient (Wildman–Crippen LogP) is 2.84. The fourth-order valence-electron chi connectivity index (χ4n) is 2.41. The van der Waals surface area contributed by atoms with Crippen molar-refractivity contribution in [3.63, 3.8) is 0 Å². The summed E-state index contributed by atoms with van der Waals surface area (Å²) in [6.07, 6.45) is -0.825. The molecule has 0 spiro atoms. The SMILES string of the molecule is CON(C)S(=O)(=O)c1cccc(C(=O)O[C@@H](C)c2nnc(-c3ccccc3)o2)c1. The molecule has 152 valence electrons. The Morgan fingerprint density at radius 3 is 2.52 bits per heavy atom. The molecule has 0 aliphatic rings. The highest BCUT2D eigenvalue weighted by Crippen LogP contribution is 2.23. The molecule has 0 aliphatic carbocycles. The molecule has 29 heavy (non-hydrogen) atoms. The Kier molecular flexibility index (Phi) is 6.06. The number of esters is 1. The van der Waals surface area contributed by atoms with E-state index < -0.39 is 22.1 Å². The Morgan fingerprint density at radius 2 is 1.83 bits per heavy atom. The van der Waals surface area contributed by atoms with Crippen molar-refractivity contribution in [2.75, 3.05) is 14.2 Å². The van der Waals surface area contributed by atoms with Gasteiger partial charge in [0.15, 0.2) is 6.10 Å². The molecule has 10 heteroatoms. The van der Waals surface area contributed by atoms with Crippen molar-refractivity contribution in [3.8, 4) is 11.5 Å². The van der Waals surface area contributed by atoms with Crippen molar-refractivity contribution in [1.29, 1.82) is 0 Å². The largest absolute Gasteiger partial charge is 0.449 e. The van der Waals surface area contributed by atoms with Crippen molar-refractivity contribution < 1.29 is 27.2 Å². The third-order valence-corrected chi connectivity index (χ3v) is 5.73. The minimum Gasteiger partial charge on any atom is -0.449 e. The number of hydrogen-bond donors (Lipinski definition) is 0. The second-order valence-corrected chi connectivity index (χ2v) is 7.92. The first-order valence-corrected chi connectivity index (χ1v) is 10.00. The normalized spacial score (nSPS) is 12.7. The second kappa shape index (κ2) is 8.52. The maximum atomic E-state index is 12.5. The molecule has 0 aliphatic heterocycles. The standard InChI is InChI=1S/C19H19N3O6S/c1-13(17-20-21-18(28-17)14-8-5-4-6-9-14)27-19(23)15-10-7-11-16(12-15)29(24,25)22(2)26-3/h4-13H,1-3H3/t13-/m0/s1. The minimum atomic E-state index is -3.89. The van der Waals surface area contributed by atoms with Crippen LogP contribution in [0.1, 0.15) is 29.3 Å². The molecule has 0 bridgehead atoms. The Balaban J connectivity index is 1.75. The number of ether oxygens (including phenoxy) is 1. The summed E-state index contributed by atoms with van der Waals surface area (Å²) in [6, 6.07) is 14.6. The third kappa shape index (κ3) is 4.50. The summed E-state index contributed by atoms with van der Waals surface area (Å²) in [4.78, 5) is 17.1. The van der Waals surface area contributed by atoms with E-state index in [1.165, 1.54) is 38.4 Å². The second-order valence-electron chi connectivity index (χ2n) is 5.98. The van der Waals surface area contributed by atoms with Crippen LogP contribution in [0.3, 0.4) is 0 Å². The molecule has 3 aromatic rings. The highest BCUT2D eigenvalue weighted by Gasteiger charge is 2.24. The van der Waals surface area contributed by atoms with Gasteiger partial charge in [0.1, 0.15) is 0 Å². The number of aromatic nitrogens is 2. The Hall–Kier alpha value is -3.08. The quantitative estimate of drug-likeness (QED) is 0.426. The molecule has 0 unspecified atom stereocenters. The molecule has 3 rings (SSSR count). The lowest BCUT2D eigenvalue weighted by molar-refractivity contribution is -0.0258. The summed E-state index contributed by atoms with van der Waals surface area (Å²) < 4.78 is 36.3. The van der Waals surface area contributed by atoms with Gasteiger partial charge in [-0.15, -0.1) is 10.2 Å². The average molecular weight is 417 g/mol. The number of benzene rings is 2. The zero-order valence-electron chi connectivity index (χ0n) is 16.0. The van der Waals surface area contributed by atoms with Crippen LogP contribution in [-0.4, -0.2) is 43.2 Å². The van der Waals surface area contributed by atoms with E-state index in [0.29, 0.717) is 10.4 Å². The summed E-state index contributed by atoms with van der Waals surface area (Å²) in [7, 11) is -1.41. The molecule has 0 N–H and O–H groups in total. The summed E-state index contributed by atoms with van der Waals surface area (Å²) in [6.45, 7) is 1.58. The molecule has 1 aromatic heterocycles. The van der Waals surface area contributed by atoms with Crippen LogP contribution < -0.4 is 0 Å². The third-order valence-electron chi connectivity index (χ3n) is 4.06. The van der Waals surface area contributed by atoms with Crippen molar-refractivity contribution in [1.82, 2.24) is 14.7 Å². The number of carbonyl (C=O) groups is 1. The summed E-state index contributed by atoms with van der Waals surface area (Å²) in [5.41, 5.74) is 0.801. The van der Waals surface area contributed by atoms with E-state index in [4.69, 9.17) is 14.0 Å². The van der Waals surface area contributed by atoms with Gasteiger partial charge < -0.3 is 9.15 Å². The number of hydroxylamine groups is 1. The van der Waals surface area contributed by atoms with Gasteiger partial charge in [0, 0.05) is 12.6 Å². The van der Waals surface area contributed by atoms with Crippen molar-refractivity contribution in [2.24, 2.45) is 0 Å². The Bertz CT molecular complexity index is 1100. The van der Waals surface area contributed by atoms with Gasteiger partial charge in [-0.1, -0.05) is 28.7 Å². The lowest BCUT2D eigenvalue weighted by atomic mass is 10.2. The molecule has 0 fully saturated rings.